The maximum Gasteiger partial charge on any atom is 0.412 e. The van der Waals surface area contributed by atoms with Crippen LogP contribution >= 0.6 is 38.1 Å². The average Bonchev–Trinajstić information content (AvgIpc) is 4.00. The molecule has 12 atom stereocenters. The number of nitrogens with one attached hydrogen (secondary N) is 1. The molecular weight excluding hydrogens is 901 g/mol. The van der Waals surface area contributed by atoms with E-state index in [1.807, 2.05) is 0 Å². The normalized spacial score (nSPS) is 34.7. The number of nitrogens with two attached hydrogens (primary N) is 1. The first-order valence-electron chi connectivity index (χ1n) is 18.4. The van der Waals surface area contributed by atoms with Gasteiger partial charge in [-0.15, -0.1) is 0 Å². The van der Waals surface area contributed by atoms with Crippen molar-refractivity contribution in [2.75, 3.05) is 37.4 Å². The Morgan fingerprint density at radius 2 is 1.41 bits per heavy atom. The van der Waals surface area contributed by atoms with Gasteiger partial charge in [-0.1, -0.05) is 24.5 Å². The number of imidazole rings is 2. The molecule has 4 aromatic rings. The molecule has 8 rings (SSSR count). The third kappa shape index (κ3) is 9.15. The Hall–Kier alpha value is -3.85. The molecule has 61 heavy (non-hydrogen) atoms. The SMILES string of the molecule is CC(C)(C)OC(=O)N1C[C@@H](F)C[C@H]1COC(=O)Nc1ncnc2c1ncn2[C@@H]1O[C@@H]2CO[P@@](=O)(S)O[C@@H]3C(CO[P@](=O)(S)O[C@H]2[C@H]1F)O[C@@H](n1cnc2c(N)ncnc21)[C@@H]3F. The van der Waals surface area contributed by atoms with E-state index in [0.717, 1.165) is 28.4 Å². The fourth-order valence-corrected chi connectivity index (χ4v) is 10.1. The van der Waals surface area contributed by atoms with Gasteiger partial charge in [0.1, 0.15) is 61.0 Å². The smallest absolute Gasteiger partial charge is 0.412 e. The highest BCUT2D eigenvalue weighted by molar-refractivity contribution is 8.44. The fourth-order valence-electron chi connectivity index (χ4n) is 7.11. The highest BCUT2D eigenvalue weighted by Crippen LogP contribution is 2.60. The lowest BCUT2D eigenvalue weighted by molar-refractivity contribution is -0.0544. The maximum absolute atomic E-state index is 16.5. The summed E-state index contributed by atoms with van der Waals surface area (Å²) in [5, 5.41) is 2.41. The number of anilines is 2. The first kappa shape index (κ1) is 43.8. The number of thiol groups is 2. The van der Waals surface area contributed by atoms with Crippen LogP contribution in [0.5, 0.6) is 0 Å². The lowest BCUT2D eigenvalue weighted by atomic mass is 10.1. The molecular formula is C31H38F3N11O12P2S2. The minimum Gasteiger partial charge on any atom is -0.447 e. The number of ether oxygens (including phenoxy) is 4. The third-order valence-corrected chi connectivity index (χ3v) is 13.0. The summed E-state index contributed by atoms with van der Waals surface area (Å²) in [4.78, 5) is 51.1. The number of fused-ring (bicyclic) bond motifs is 4. The standard InChI is InChI=1S/C31H38F3N11O12P2S2/c1-31(2,3)55-30(47)43-5-13(32)4-14(43)6-50-29(46)42-24-20-26(39-10-37-24)45(12-41-20)28-18(34)22-16(54-28)8-52-58(48,60)56-21-15(7-51-59(49,61)57-22)53-27(17(21)33)44-11-40-19-23(35)36-9-38-25(19)44/h9-18,21-22,27-28H,4-8H2,1-3H3,(H,48,60)(H,49,61)(H2,35,36,38)(H,37,39,42,46)/t13-,14-,15?,16+,17+,18+,21+,22+,27+,28+,58+,59-/m0/s1. The zero-order valence-electron chi connectivity index (χ0n) is 32.0. The summed E-state index contributed by atoms with van der Waals surface area (Å²) < 4.78 is 121. The molecule has 0 saturated carbocycles. The molecule has 8 heterocycles. The highest BCUT2D eigenvalue weighted by atomic mass is 32.7. The van der Waals surface area contributed by atoms with E-state index < -0.39 is 106 Å². The largest absolute Gasteiger partial charge is 0.447 e. The van der Waals surface area contributed by atoms with Crippen LogP contribution in [0.3, 0.4) is 0 Å². The molecule has 4 aliphatic rings. The van der Waals surface area contributed by atoms with E-state index in [4.69, 9.17) is 42.8 Å². The number of carbonyl (C=O) groups excluding carboxylic acids is 2. The van der Waals surface area contributed by atoms with E-state index in [1.54, 1.807) is 20.8 Å². The molecule has 0 aliphatic carbocycles. The number of nitrogens with zero attached hydrogens (tertiary/aromatic N) is 9. The number of amides is 2. The minimum atomic E-state index is -4.53. The van der Waals surface area contributed by atoms with Crippen LogP contribution in [-0.2, 0) is 46.2 Å². The molecule has 23 nitrogen and oxygen atoms in total. The van der Waals surface area contributed by atoms with Crippen LogP contribution in [0.1, 0.15) is 39.6 Å². The summed E-state index contributed by atoms with van der Waals surface area (Å²) >= 11 is 8.05. The molecule has 332 valence electrons. The van der Waals surface area contributed by atoms with Crippen LogP contribution in [-0.4, -0.2) is 137 Å². The van der Waals surface area contributed by atoms with E-state index in [-0.39, 0.29) is 53.5 Å². The van der Waals surface area contributed by atoms with E-state index in [9.17, 15) is 23.1 Å². The number of hydrogen-bond acceptors (Lipinski definition) is 19. The molecule has 4 aliphatic heterocycles. The molecule has 2 amide bonds. The Morgan fingerprint density at radius 3 is 1.98 bits per heavy atom. The third-order valence-electron chi connectivity index (χ3n) is 9.76. The van der Waals surface area contributed by atoms with Gasteiger partial charge in [-0.05, 0) is 20.8 Å². The number of alkyl halides is 3. The second-order valence-corrected chi connectivity index (χ2v) is 20.9. The van der Waals surface area contributed by atoms with Gasteiger partial charge in [0.2, 0.25) is 0 Å². The maximum atomic E-state index is 16.5. The van der Waals surface area contributed by atoms with Gasteiger partial charge in [0, 0.05) is 6.42 Å². The summed E-state index contributed by atoms with van der Waals surface area (Å²) in [5.74, 6) is -0.154. The van der Waals surface area contributed by atoms with Crippen LogP contribution in [0, 0.1) is 0 Å². The molecule has 30 heteroatoms. The number of likely N-dealkylation sites (tertiary alicyclic amines) is 1. The molecule has 0 aromatic carbocycles. The van der Waals surface area contributed by atoms with E-state index >= 15 is 8.78 Å². The molecule has 0 spiro atoms. The van der Waals surface area contributed by atoms with E-state index in [0.29, 0.717) is 0 Å². The number of carbonyl (C=O) groups is 2. The van der Waals surface area contributed by atoms with Crippen molar-refractivity contribution < 1.29 is 68.9 Å². The topological polar surface area (TPSA) is 271 Å². The number of halogens is 3. The number of nitrogen functional groups attached to an aromatic ring is 1. The number of hydrogen-bond donors (Lipinski definition) is 4. The predicted octanol–water partition coefficient (Wildman–Crippen LogP) is 4.51. The predicted molar refractivity (Wildman–Crippen MR) is 209 cm³/mol. The Morgan fingerprint density at radius 1 is 0.869 bits per heavy atom. The fraction of sp³-hybridized carbons (Fsp3) is 0.613. The van der Waals surface area contributed by atoms with Gasteiger partial charge < -0.3 is 24.7 Å². The number of rotatable bonds is 5. The van der Waals surface area contributed by atoms with Crippen molar-refractivity contribution in [2.45, 2.75) is 94.2 Å². The van der Waals surface area contributed by atoms with Gasteiger partial charge in [-0.25, -0.2) is 61.8 Å². The molecule has 4 saturated heterocycles. The first-order chi connectivity index (χ1) is 28.8. The Labute approximate surface area is 353 Å². The van der Waals surface area contributed by atoms with Crippen molar-refractivity contribution >= 4 is 84.2 Å². The van der Waals surface area contributed by atoms with Crippen LogP contribution < -0.4 is 11.1 Å². The summed E-state index contributed by atoms with van der Waals surface area (Å²) in [6, 6.07) is -0.806. The van der Waals surface area contributed by atoms with Crippen LogP contribution in [0.25, 0.3) is 22.3 Å². The average molecular weight is 940 g/mol. The lowest BCUT2D eigenvalue weighted by Crippen LogP contribution is -2.42. The molecule has 1 unspecified atom stereocenters. The van der Waals surface area contributed by atoms with Crippen molar-refractivity contribution in [3.63, 3.8) is 0 Å². The van der Waals surface area contributed by atoms with Gasteiger partial charge in [-0.2, -0.15) is 0 Å². The zero-order chi connectivity index (χ0) is 43.6. The Balaban J connectivity index is 0.960. The van der Waals surface area contributed by atoms with Crippen molar-refractivity contribution in [1.82, 2.24) is 43.9 Å². The van der Waals surface area contributed by atoms with Gasteiger partial charge in [0.25, 0.3) is 0 Å². The van der Waals surface area contributed by atoms with Crippen molar-refractivity contribution in [3.8, 4) is 0 Å². The van der Waals surface area contributed by atoms with Crippen molar-refractivity contribution in [1.29, 1.82) is 0 Å². The second kappa shape index (κ2) is 16.7. The summed E-state index contributed by atoms with van der Waals surface area (Å²) in [6.45, 7) is -6.14. The van der Waals surface area contributed by atoms with E-state index in [2.05, 4.69) is 59.7 Å². The van der Waals surface area contributed by atoms with Crippen molar-refractivity contribution in [3.05, 3.63) is 25.3 Å². The molecule has 0 radical (unpaired) electrons. The zero-order valence-corrected chi connectivity index (χ0v) is 35.6. The summed E-state index contributed by atoms with van der Waals surface area (Å²) in [5.41, 5.74) is 5.17. The van der Waals surface area contributed by atoms with Crippen LogP contribution in [0.4, 0.5) is 34.4 Å². The quantitative estimate of drug-likeness (QED) is 0.158. The van der Waals surface area contributed by atoms with Gasteiger partial charge in [0.05, 0.1) is 38.5 Å². The summed E-state index contributed by atoms with van der Waals surface area (Å²) in [7, 11) is 0. The van der Waals surface area contributed by atoms with Crippen LogP contribution in [0.15, 0.2) is 25.3 Å². The summed E-state index contributed by atoms with van der Waals surface area (Å²) in [6.07, 6.45) is -12.5. The van der Waals surface area contributed by atoms with E-state index in [1.165, 1.54) is 10.9 Å². The number of aromatic nitrogens is 8. The Bertz CT molecular complexity index is 2420. The monoisotopic (exact) mass is 939 g/mol. The molecule has 4 aromatic heterocycles. The van der Waals surface area contributed by atoms with Gasteiger partial charge in [0.15, 0.2) is 53.2 Å². The molecule has 4 fully saturated rings. The van der Waals surface area contributed by atoms with Crippen molar-refractivity contribution in [2.24, 2.45) is 0 Å². The van der Waals surface area contributed by atoms with Crippen LogP contribution in [0.2, 0.25) is 0 Å². The molecule has 3 N–H and O–H groups in total. The minimum absolute atomic E-state index is 0.0191. The highest BCUT2D eigenvalue weighted by Gasteiger charge is 2.54. The first-order valence-corrected chi connectivity index (χ1v) is 23.7. The van der Waals surface area contributed by atoms with Gasteiger partial charge in [-0.3, -0.25) is 37.4 Å². The lowest BCUT2D eigenvalue weighted by Gasteiger charge is -2.28. The second-order valence-electron chi connectivity index (χ2n) is 15.2. The molecule has 0 bridgehead atoms. The Kier molecular flexibility index (Phi) is 12.0. The van der Waals surface area contributed by atoms with Gasteiger partial charge >= 0.3 is 25.8 Å².